The fourth-order valence-corrected chi connectivity index (χ4v) is 1.56. The largest absolute Gasteiger partial charge is 0.755 e. The third kappa shape index (κ3) is 5.05. The molecule has 3 nitrogen and oxygen atoms in total. The molecule has 1 unspecified atom stereocenters. The summed E-state index contributed by atoms with van der Waals surface area (Å²) in [5.41, 5.74) is 0.593. The van der Waals surface area contributed by atoms with Crippen molar-refractivity contribution in [1.82, 2.24) is 0 Å². The predicted octanol–water partition coefficient (Wildman–Crippen LogP) is 1.23. The normalized spacial score (nSPS) is 11.5. The van der Waals surface area contributed by atoms with Crippen LogP contribution < -0.4 is 4.72 Å². The zero-order valence-corrected chi connectivity index (χ0v) is 11.1. The molecule has 67 valence electrons. The van der Waals surface area contributed by atoms with Crippen LogP contribution in [0, 0.1) is 0 Å². The van der Waals surface area contributed by atoms with Gasteiger partial charge in [-0.25, -0.2) is 0 Å². The molecule has 0 amide bonds. The summed E-state index contributed by atoms with van der Waals surface area (Å²) in [4.78, 5) is 1.03. The molecule has 0 saturated heterocycles. The van der Waals surface area contributed by atoms with Crippen LogP contribution in [0.25, 0.3) is 0 Å². The van der Waals surface area contributed by atoms with E-state index < -0.39 is 11.3 Å². The molecule has 1 atom stereocenters. The van der Waals surface area contributed by atoms with Crippen molar-refractivity contribution in [3.63, 3.8) is 0 Å². The Hall–Kier alpha value is 0.480. The monoisotopic (exact) mass is 225 g/mol. The molecule has 13 heavy (non-hydrogen) atoms. The molecule has 6 heteroatoms. The second-order valence-corrected chi connectivity index (χ2v) is 3.62. The van der Waals surface area contributed by atoms with Gasteiger partial charge in [0.15, 0.2) is 0 Å². The summed E-state index contributed by atoms with van der Waals surface area (Å²) in [6, 6.07) is 7.21. The second kappa shape index (κ2) is 6.86. The first kappa shape index (κ1) is 13.5. The van der Waals surface area contributed by atoms with Gasteiger partial charge in [-0.15, -0.1) is 11.8 Å². The minimum absolute atomic E-state index is 0. The Bertz CT molecular complexity index is 296. The van der Waals surface area contributed by atoms with Gasteiger partial charge in [-0.3, -0.25) is 4.21 Å². The number of nitrogens with one attached hydrogen (secondary N) is 1. The summed E-state index contributed by atoms with van der Waals surface area (Å²) in [5, 5.41) is 0. The van der Waals surface area contributed by atoms with Crippen molar-refractivity contribution in [2.24, 2.45) is 0 Å². The van der Waals surface area contributed by atoms with Gasteiger partial charge < -0.3 is 9.27 Å². The summed E-state index contributed by atoms with van der Waals surface area (Å²) in [6.07, 6.45) is 1.94. The average Bonchev–Trinajstić information content (AvgIpc) is 2.03. The number of anilines is 1. The Morgan fingerprint density at radius 1 is 1.54 bits per heavy atom. The molecule has 0 aliphatic carbocycles. The van der Waals surface area contributed by atoms with Crippen molar-refractivity contribution in [2.75, 3.05) is 11.0 Å². The van der Waals surface area contributed by atoms with Crippen LogP contribution in [0.15, 0.2) is 29.2 Å². The van der Waals surface area contributed by atoms with E-state index in [1.807, 2.05) is 12.3 Å². The molecule has 0 spiro atoms. The second-order valence-electron chi connectivity index (χ2n) is 2.07. The molecule has 0 aliphatic heterocycles. The van der Waals surface area contributed by atoms with E-state index >= 15 is 0 Å². The van der Waals surface area contributed by atoms with Crippen LogP contribution in [-0.2, 0) is 11.3 Å². The summed E-state index contributed by atoms with van der Waals surface area (Å²) in [7, 11) is 0. The van der Waals surface area contributed by atoms with Gasteiger partial charge in [-0.2, -0.15) is 0 Å². The van der Waals surface area contributed by atoms with Crippen molar-refractivity contribution < 1.29 is 8.76 Å². The minimum Gasteiger partial charge on any atom is -0.755 e. The van der Waals surface area contributed by atoms with Crippen molar-refractivity contribution in [2.45, 2.75) is 4.90 Å². The maximum absolute atomic E-state index is 10.3. The summed E-state index contributed by atoms with van der Waals surface area (Å²) in [6.45, 7) is 0. The van der Waals surface area contributed by atoms with Gasteiger partial charge >= 0.3 is 0 Å². The van der Waals surface area contributed by atoms with Gasteiger partial charge in [0, 0.05) is 51.4 Å². The molecule has 1 aromatic carbocycles. The maximum atomic E-state index is 10.3. The van der Waals surface area contributed by atoms with Gasteiger partial charge in [-0.1, -0.05) is 6.07 Å². The van der Waals surface area contributed by atoms with Crippen LogP contribution in [0.5, 0.6) is 0 Å². The van der Waals surface area contributed by atoms with Crippen molar-refractivity contribution in [1.29, 1.82) is 0 Å². The Balaban J connectivity index is 0.00000144. The third-order valence-corrected chi connectivity index (χ3v) is 2.40. The third-order valence-electron chi connectivity index (χ3n) is 1.27. The van der Waals surface area contributed by atoms with Gasteiger partial charge in [0.2, 0.25) is 0 Å². The van der Waals surface area contributed by atoms with E-state index in [2.05, 4.69) is 4.72 Å². The van der Waals surface area contributed by atoms with E-state index in [4.69, 9.17) is 0 Å². The van der Waals surface area contributed by atoms with Crippen molar-refractivity contribution in [3.8, 4) is 0 Å². The van der Waals surface area contributed by atoms with Crippen molar-refractivity contribution in [3.05, 3.63) is 24.3 Å². The van der Waals surface area contributed by atoms with Crippen LogP contribution in [0.3, 0.4) is 0 Å². The van der Waals surface area contributed by atoms with E-state index in [1.54, 1.807) is 30.0 Å². The molecule has 0 aliphatic rings. The Labute approximate surface area is 106 Å². The molecule has 1 radical (unpaired) electrons. The van der Waals surface area contributed by atoms with Crippen molar-refractivity contribution >= 4 is 58.3 Å². The maximum Gasteiger partial charge on any atom is 0.0463 e. The average molecular weight is 225 g/mol. The fraction of sp³-hybridized carbons (Fsp3) is 0.143. The molecule has 0 aromatic heterocycles. The predicted molar refractivity (Wildman–Crippen MR) is 56.5 cm³/mol. The molecule has 0 fully saturated rings. The van der Waals surface area contributed by atoms with Crippen LogP contribution in [0.4, 0.5) is 5.69 Å². The zero-order chi connectivity index (χ0) is 8.97. The van der Waals surface area contributed by atoms with Crippen LogP contribution in [-0.4, -0.2) is 44.6 Å². The molecule has 1 rings (SSSR count). The number of rotatable bonds is 3. The Morgan fingerprint density at radius 3 is 2.77 bits per heavy atom. The molecule has 0 bridgehead atoms. The first-order valence-corrected chi connectivity index (χ1v) is 5.52. The molecule has 1 N–H and O–H groups in total. The fourth-order valence-electron chi connectivity index (χ4n) is 0.783. The standard InChI is InChI=1S/C7H9NO2S2.Na/c1-11-7-4-2-3-6(5-7)8-12(9)10;/h2-5,8H,1H3,(H,9,10);/p-1. The zero-order valence-electron chi connectivity index (χ0n) is 7.44. The Morgan fingerprint density at radius 2 is 2.23 bits per heavy atom. The van der Waals surface area contributed by atoms with E-state index in [1.165, 1.54) is 0 Å². The summed E-state index contributed by atoms with van der Waals surface area (Å²) >= 11 is -0.667. The van der Waals surface area contributed by atoms with Crippen LogP contribution in [0.1, 0.15) is 0 Å². The van der Waals surface area contributed by atoms with Gasteiger partial charge in [0.05, 0.1) is 0 Å². The first-order valence-electron chi connectivity index (χ1n) is 3.22. The van der Waals surface area contributed by atoms with E-state index in [-0.39, 0.29) is 29.6 Å². The first-order chi connectivity index (χ1) is 5.72. The topological polar surface area (TPSA) is 52.2 Å². The van der Waals surface area contributed by atoms with Gasteiger partial charge in [-0.05, 0) is 24.5 Å². The molecular formula is C7H8NNaO2S2-. The van der Waals surface area contributed by atoms with Crippen LogP contribution in [0.2, 0.25) is 0 Å². The minimum atomic E-state index is -2.24. The molecule has 0 heterocycles. The molecule has 0 saturated carbocycles. The van der Waals surface area contributed by atoms with E-state index in [0.29, 0.717) is 5.69 Å². The number of hydrogen-bond acceptors (Lipinski definition) is 3. The van der Waals surface area contributed by atoms with E-state index in [9.17, 15) is 8.76 Å². The molecule has 1 aromatic rings. The Kier molecular flexibility index (Phi) is 7.12. The SMILES string of the molecule is CSc1cccc(NS(=O)[O-])c1.[Na]. The smallest absolute Gasteiger partial charge is 0.0463 e. The van der Waals surface area contributed by atoms with E-state index in [0.717, 1.165) is 4.90 Å². The molecular weight excluding hydrogens is 217 g/mol. The van der Waals surface area contributed by atoms with Gasteiger partial charge in [0.1, 0.15) is 0 Å². The summed E-state index contributed by atoms with van der Waals surface area (Å²) in [5.74, 6) is 0. The number of benzene rings is 1. The number of hydrogen-bond donors (Lipinski definition) is 1. The quantitative estimate of drug-likeness (QED) is 0.478. The van der Waals surface area contributed by atoms with Crippen LogP contribution >= 0.6 is 11.8 Å². The summed E-state index contributed by atoms with van der Waals surface area (Å²) < 4.78 is 22.8. The van der Waals surface area contributed by atoms with Gasteiger partial charge in [0.25, 0.3) is 0 Å². The number of thioether (sulfide) groups is 1.